The SMILES string of the molecule is CCC1(CC)CCCC(CC)([Si](OC)(OC)C2(CC)CCCC(CC)(CC)C2(CC)CC)C1(CC)CC. The Labute approximate surface area is 235 Å². The molecule has 0 amide bonds. The summed E-state index contributed by atoms with van der Waals surface area (Å²) < 4.78 is 14.7. The molecule has 0 bridgehead atoms. The van der Waals surface area contributed by atoms with Crippen molar-refractivity contribution < 1.29 is 8.85 Å². The minimum absolute atomic E-state index is 0.118. The normalized spacial score (nSPS) is 30.8. The predicted molar refractivity (Wildman–Crippen MR) is 166 cm³/mol. The van der Waals surface area contributed by atoms with Gasteiger partial charge in [-0.15, -0.1) is 0 Å². The molecule has 2 fully saturated rings. The molecule has 0 spiro atoms. The quantitative estimate of drug-likeness (QED) is 0.205. The van der Waals surface area contributed by atoms with E-state index in [1.807, 2.05) is 0 Å². The van der Waals surface area contributed by atoms with Gasteiger partial charge in [0.25, 0.3) is 0 Å². The molecule has 2 rings (SSSR count). The van der Waals surface area contributed by atoms with Gasteiger partial charge < -0.3 is 8.85 Å². The second kappa shape index (κ2) is 12.3. The fourth-order valence-corrected chi connectivity index (χ4v) is 20.2. The largest absolute Gasteiger partial charge is 0.397 e. The second-order valence-electron chi connectivity index (χ2n) is 13.2. The van der Waals surface area contributed by atoms with Gasteiger partial charge in [-0.05, 0) is 112 Å². The third kappa shape index (κ3) is 3.74. The van der Waals surface area contributed by atoms with Crippen LogP contribution in [-0.2, 0) is 8.85 Å². The van der Waals surface area contributed by atoms with Crippen molar-refractivity contribution in [2.24, 2.45) is 21.7 Å². The maximum Gasteiger partial charge on any atom is 0.351 e. The van der Waals surface area contributed by atoms with Crippen molar-refractivity contribution in [1.29, 1.82) is 0 Å². The standard InChI is InChI=1S/C34H68O2Si/c1-13-29(14-2)25-23-27-33(21-9,31(29,17-5)18-6)37(35-11,36-12)34(22-10)28-24-26-30(15-3,16-4)32(34,19-7)20-8/h13-28H2,1-12H3. The Hall–Kier alpha value is 0.137. The first-order chi connectivity index (χ1) is 17.6. The number of rotatable bonds is 14. The van der Waals surface area contributed by atoms with Gasteiger partial charge in [0, 0.05) is 24.3 Å². The average Bonchev–Trinajstić information content (AvgIpc) is 2.96. The first-order valence-corrected chi connectivity index (χ1v) is 18.6. The molecule has 0 heterocycles. The third-order valence-corrected chi connectivity index (χ3v) is 20.4. The van der Waals surface area contributed by atoms with E-state index in [-0.39, 0.29) is 20.9 Å². The summed E-state index contributed by atoms with van der Waals surface area (Å²) in [5.41, 5.74) is 1.25. The van der Waals surface area contributed by atoms with E-state index >= 15 is 0 Å². The van der Waals surface area contributed by atoms with Gasteiger partial charge >= 0.3 is 8.56 Å². The van der Waals surface area contributed by atoms with Crippen LogP contribution in [0.4, 0.5) is 0 Å². The van der Waals surface area contributed by atoms with Crippen LogP contribution < -0.4 is 0 Å². The van der Waals surface area contributed by atoms with Crippen molar-refractivity contribution in [3.63, 3.8) is 0 Å². The Morgan fingerprint density at radius 2 is 0.730 bits per heavy atom. The molecule has 2 aliphatic rings. The Balaban J connectivity index is 3.15. The van der Waals surface area contributed by atoms with Crippen molar-refractivity contribution >= 4 is 8.56 Å². The summed E-state index contributed by atoms with van der Waals surface area (Å²) in [6.45, 7) is 25.1. The van der Waals surface area contributed by atoms with E-state index in [2.05, 4.69) is 83.5 Å². The first-order valence-electron chi connectivity index (χ1n) is 16.7. The van der Waals surface area contributed by atoms with E-state index < -0.39 is 8.56 Å². The maximum absolute atomic E-state index is 7.35. The van der Waals surface area contributed by atoms with Crippen LogP contribution in [0.3, 0.4) is 0 Å². The summed E-state index contributed by atoms with van der Waals surface area (Å²) in [6.07, 6.45) is 20.5. The topological polar surface area (TPSA) is 18.5 Å². The van der Waals surface area contributed by atoms with Gasteiger partial charge in [0.2, 0.25) is 0 Å². The fraction of sp³-hybridized carbons (Fsp3) is 1.00. The van der Waals surface area contributed by atoms with Crippen molar-refractivity contribution in [2.75, 3.05) is 14.2 Å². The molecule has 0 N–H and O–H groups in total. The summed E-state index contributed by atoms with van der Waals surface area (Å²) in [5.74, 6) is 0. The zero-order valence-corrected chi connectivity index (χ0v) is 28.6. The van der Waals surface area contributed by atoms with Gasteiger partial charge in [-0.3, -0.25) is 0 Å². The highest BCUT2D eigenvalue weighted by Gasteiger charge is 2.80. The molecule has 2 unspecified atom stereocenters. The molecule has 2 aliphatic carbocycles. The van der Waals surface area contributed by atoms with Crippen LogP contribution in [0, 0.1) is 21.7 Å². The minimum atomic E-state index is -2.84. The molecule has 2 nitrogen and oxygen atoms in total. The molecule has 0 aromatic carbocycles. The summed E-state index contributed by atoms with van der Waals surface area (Å²) in [6, 6.07) is 0. The third-order valence-electron chi connectivity index (χ3n) is 14.5. The summed E-state index contributed by atoms with van der Waals surface area (Å²) in [4.78, 5) is 0. The molecule has 2 saturated carbocycles. The van der Waals surface area contributed by atoms with Crippen LogP contribution in [-0.4, -0.2) is 22.8 Å². The molecule has 2 atom stereocenters. The first kappa shape index (κ1) is 33.3. The lowest BCUT2D eigenvalue weighted by Gasteiger charge is -2.75. The van der Waals surface area contributed by atoms with Gasteiger partial charge in [-0.25, -0.2) is 0 Å². The predicted octanol–water partition coefficient (Wildman–Crippen LogP) is 11.6. The Morgan fingerprint density at radius 3 is 0.919 bits per heavy atom. The lowest BCUT2D eigenvalue weighted by Crippen LogP contribution is -2.74. The van der Waals surface area contributed by atoms with E-state index in [4.69, 9.17) is 8.85 Å². The molecule has 0 radical (unpaired) electrons. The molecule has 0 aromatic heterocycles. The van der Waals surface area contributed by atoms with Crippen molar-refractivity contribution in [2.45, 2.75) is 182 Å². The highest BCUT2D eigenvalue weighted by molar-refractivity contribution is 6.74. The summed E-state index contributed by atoms with van der Waals surface area (Å²) in [7, 11) is 1.35. The summed E-state index contributed by atoms with van der Waals surface area (Å²) >= 11 is 0. The molecule has 220 valence electrons. The molecular formula is C34H68O2Si. The van der Waals surface area contributed by atoms with Gasteiger partial charge in [0.15, 0.2) is 0 Å². The molecule has 37 heavy (non-hydrogen) atoms. The molecule has 0 aliphatic heterocycles. The van der Waals surface area contributed by atoms with Gasteiger partial charge in [-0.1, -0.05) is 82.1 Å². The van der Waals surface area contributed by atoms with Crippen LogP contribution in [0.15, 0.2) is 0 Å². The van der Waals surface area contributed by atoms with Crippen molar-refractivity contribution in [1.82, 2.24) is 0 Å². The van der Waals surface area contributed by atoms with Gasteiger partial charge in [-0.2, -0.15) is 0 Å². The number of hydrogen-bond acceptors (Lipinski definition) is 2. The number of hydrogen-bond donors (Lipinski definition) is 0. The molecule has 0 saturated heterocycles. The van der Waals surface area contributed by atoms with E-state index in [0.717, 1.165) is 0 Å². The molecular weight excluding hydrogens is 468 g/mol. The fourth-order valence-electron chi connectivity index (χ4n) is 13.1. The Morgan fingerprint density at radius 1 is 0.432 bits per heavy atom. The van der Waals surface area contributed by atoms with Crippen LogP contribution in [0.25, 0.3) is 0 Å². The van der Waals surface area contributed by atoms with Gasteiger partial charge in [0.05, 0.1) is 0 Å². The second-order valence-corrected chi connectivity index (χ2v) is 17.1. The van der Waals surface area contributed by atoms with E-state index in [9.17, 15) is 0 Å². The Kier molecular flexibility index (Phi) is 11.1. The molecule has 3 heteroatoms. The van der Waals surface area contributed by atoms with Crippen LogP contribution in [0.2, 0.25) is 10.1 Å². The van der Waals surface area contributed by atoms with Crippen LogP contribution in [0.1, 0.15) is 172 Å². The zero-order chi connectivity index (χ0) is 28.2. The zero-order valence-electron chi connectivity index (χ0n) is 27.6. The van der Waals surface area contributed by atoms with E-state index in [1.165, 1.54) is 103 Å². The Bertz CT molecular complexity index is 641. The highest BCUT2D eigenvalue weighted by atomic mass is 28.4. The van der Waals surface area contributed by atoms with Gasteiger partial charge in [0.1, 0.15) is 0 Å². The average molecular weight is 537 g/mol. The lowest BCUT2D eigenvalue weighted by atomic mass is 9.46. The van der Waals surface area contributed by atoms with E-state index in [1.54, 1.807) is 0 Å². The maximum atomic E-state index is 7.35. The monoisotopic (exact) mass is 536 g/mol. The molecule has 0 aromatic rings. The smallest absolute Gasteiger partial charge is 0.351 e. The lowest BCUT2D eigenvalue weighted by molar-refractivity contribution is -0.123. The van der Waals surface area contributed by atoms with Crippen LogP contribution >= 0.6 is 0 Å². The minimum Gasteiger partial charge on any atom is -0.397 e. The van der Waals surface area contributed by atoms with Crippen molar-refractivity contribution in [3.05, 3.63) is 0 Å². The summed E-state index contributed by atoms with van der Waals surface area (Å²) in [5, 5.41) is 0.237. The highest BCUT2D eigenvalue weighted by Crippen LogP contribution is 2.83. The van der Waals surface area contributed by atoms with Crippen LogP contribution in [0.5, 0.6) is 0 Å². The van der Waals surface area contributed by atoms with E-state index in [0.29, 0.717) is 10.8 Å². The van der Waals surface area contributed by atoms with Crippen molar-refractivity contribution in [3.8, 4) is 0 Å².